The molecular weight excluding hydrogens is 448 g/mol. The van der Waals surface area contributed by atoms with Crippen LogP contribution in [0.15, 0.2) is 47.3 Å². The second-order valence-corrected chi connectivity index (χ2v) is 9.97. The summed E-state index contributed by atoms with van der Waals surface area (Å²) in [5.74, 6) is -0.00708. The molecule has 3 aliphatic heterocycles. The van der Waals surface area contributed by atoms with Gasteiger partial charge in [0.15, 0.2) is 0 Å². The maximum Gasteiger partial charge on any atom is 0.332 e. The maximum atomic E-state index is 13.7. The molecule has 0 N–H and O–H groups in total. The number of methoxy groups -OCH3 is 1. The number of aromatic nitrogens is 1. The van der Waals surface area contributed by atoms with Gasteiger partial charge in [-0.25, -0.2) is 4.79 Å². The number of barbiturate groups is 1. The van der Waals surface area contributed by atoms with Crippen LogP contribution in [0.4, 0.5) is 4.79 Å². The van der Waals surface area contributed by atoms with Crippen LogP contribution in [-0.4, -0.2) is 78.0 Å². The summed E-state index contributed by atoms with van der Waals surface area (Å²) in [6.45, 7) is 2.12. The second kappa shape index (κ2) is 8.64. The van der Waals surface area contributed by atoms with Crippen LogP contribution in [0, 0.1) is 11.3 Å². The standard InChI is InChI=1S/C26H30N4O5/c1-27-23(32)26(24(33)28(2)25(27)34,12-18-7-4-5-9-21(18)35-3)16-29-13-17-11-19(15-29)20-8-6-10-22(31)30(20)14-17/h4-10,17,19H,11-16H2,1-3H3/t17?,19-/m0/s1. The normalized spacial score (nSPS) is 23.9. The van der Waals surface area contributed by atoms with Crippen LogP contribution in [0.1, 0.15) is 23.6 Å². The van der Waals surface area contributed by atoms with Crippen molar-refractivity contribution < 1.29 is 19.1 Å². The average molecular weight is 479 g/mol. The van der Waals surface area contributed by atoms with Gasteiger partial charge in [-0.1, -0.05) is 24.3 Å². The zero-order valence-electron chi connectivity index (χ0n) is 20.3. The molecule has 184 valence electrons. The minimum Gasteiger partial charge on any atom is -0.496 e. The van der Waals surface area contributed by atoms with Gasteiger partial charge in [0.25, 0.3) is 5.56 Å². The van der Waals surface area contributed by atoms with Crippen molar-refractivity contribution in [3.05, 3.63) is 64.1 Å². The lowest BCUT2D eigenvalue weighted by Gasteiger charge is -2.48. The van der Waals surface area contributed by atoms with E-state index in [9.17, 15) is 19.2 Å². The van der Waals surface area contributed by atoms with Gasteiger partial charge in [0, 0.05) is 64.4 Å². The van der Waals surface area contributed by atoms with Gasteiger partial charge in [0.05, 0.1) is 7.11 Å². The van der Waals surface area contributed by atoms with E-state index in [0.29, 0.717) is 25.4 Å². The molecule has 2 atom stereocenters. The van der Waals surface area contributed by atoms with Gasteiger partial charge in [-0.3, -0.25) is 24.2 Å². The van der Waals surface area contributed by atoms with Crippen molar-refractivity contribution in [2.24, 2.45) is 11.3 Å². The lowest BCUT2D eigenvalue weighted by Crippen LogP contribution is -2.67. The van der Waals surface area contributed by atoms with E-state index in [1.807, 2.05) is 28.8 Å². The van der Waals surface area contributed by atoms with Crippen LogP contribution in [0.25, 0.3) is 0 Å². The molecule has 1 aromatic carbocycles. The summed E-state index contributed by atoms with van der Waals surface area (Å²) in [5.41, 5.74) is 0.288. The highest BCUT2D eigenvalue weighted by Crippen LogP contribution is 2.40. The van der Waals surface area contributed by atoms with E-state index in [4.69, 9.17) is 4.74 Å². The highest BCUT2D eigenvalue weighted by Gasteiger charge is 2.57. The monoisotopic (exact) mass is 478 g/mol. The molecule has 9 heteroatoms. The summed E-state index contributed by atoms with van der Waals surface area (Å²) in [6, 6.07) is 12.1. The minimum absolute atomic E-state index is 0.0118. The number of amides is 4. The number of fused-ring (bicyclic) bond motifs is 4. The Labute approximate surface area is 203 Å². The Bertz CT molecular complexity index is 1230. The van der Waals surface area contributed by atoms with Crippen molar-refractivity contribution in [3.63, 3.8) is 0 Å². The molecular formula is C26H30N4O5. The van der Waals surface area contributed by atoms with E-state index in [1.54, 1.807) is 25.3 Å². The third-order valence-corrected chi connectivity index (χ3v) is 7.74. The number of urea groups is 1. The summed E-state index contributed by atoms with van der Waals surface area (Å²) in [5, 5.41) is 0. The van der Waals surface area contributed by atoms with Crippen molar-refractivity contribution in [2.45, 2.75) is 25.3 Å². The van der Waals surface area contributed by atoms with Crippen molar-refractivity contribution in [1.29, 1.82) is 0 Å². The number of likely N-dealkylation sites (tertiary alicyclic amines) is 1. The first kappa shape index (κ1) is 23.3. The van der Waals surface area contributed by atoms with Crippen molar-refractivity contribution in [2.75, 3.05) is 40.8 Å². The number of piperidine rings is 1. The summed E-state index contributed by atoms with van der Waals surface area (Å²) in [6.07, 6.45) is 1.10. The molecule has 2 saturated heterocycles. The van der Waals surface area contributed by atoms with Crippen LogP contribution >= 0.6 is 0 Å². The maximum absolute atomic E-state index is 13.7. The number of hydrogen-bond acceptors (Lipinski definition) is 6. The van der Waals surface area contributed by atoms with Crippen LogP contribution in [0.2, 0.25) is 0 Å². The third kappa shape index (κ3) is 3.74. The second-order valence-electron chi connectivity index (χ2n) is 9.97. The molecule has 1 unspecified atom stereocenters. The third-order valence-electron chi connectivity index (χ3n) is 7.74. The number of benzene rings is 1. The van der Waals surface area contributed by atoms with Gasteiger partial charge in [-0.2, -0.15) is 0 Å². The predicted molar refractivity (Wildman–Crippen MR) is 128 cm³/mol. The lowest BCUT2D eigenvalue weighted by molar-refractivity contribution is -0.159. The summed E-state index contributed by atoms with van der Waals surface area (Å²) in [4.78, 5) is 56.7. The molecule has 0 spiro atoms. The number of carbonyl (C=O) groups is 3. The summed E-state index contributed by atoms with van der Waals surface area (Å²) >= 11 is 0. The Balaban J connectivity index is 1.52. The van der Waals surface area contributed by atoms with Gasteiger partial charge < -0.3 is 14.2 Å². The highest BCUT2D eigenvalue weighted by atomic mass is 16.5. The highest BCUT2D eigenvalue weighted by molar-refractivity contribution is 6.19. The predicted octanol–water partition coefficient (Wildman–Crippen LogP) is 1.56. The van der Waals surface area contributed by atoms with Crippen LogP contribution in [-0.2, 0) is 22.6 Å². The average Bonchev–Trinajstić information content (AvgIpc) is 2.86. The molecule has 2 fully saturated rings. The molecule has 4 amide bonds. The Hall–Kier alpha value is -3.46. The van der Waals surface area contributed by atoms with Crippen LogP contribution in [0.5, 0.6) is 5.75 Å². The zero-order valence-corrected chi connectivity index (χ0v) is 20.3. The Kier molecular flexibility index (Phi) is 5.75. The molecule has 2 bridgehead atoms. The molecule has 2 aromatic rings. The van der Waals surface area contributed by atoms with E-state index in [1.165, 1.54) is 14.1 Å². The van der Waals surface area contributed by atoms with Crippen molar-refractivity contribution in [3.8, 4) is 5.75 Å². The van der Waals surface area contributed by atoms with Gasteiger partial charge in [-0.15, -0.1) is 0 Å². The fourth-order valence-electron chi connectivity index (χ4n) is 6.16. The van der Waals surface area contributed by atoms with E-state index in [-0.39, 0.29) is 30.4 Å². The fourth-order valence-corrected chi connectivity index (χ4v) is 6.16. The molecule has 4 heterocycles. The van der Waals surface area contributed by atoms with Gasteiger partial charge in [0.2, 0.25) is 11.8 Å². The van der Waals surface area contributed by atoms with Gasteiger partial charge in [-0.05, 0) is 30.0 Å². The molecule has 0 aliphatic carbocycles. The van der Waals surface area contributed by atoms with Crippen LogP contribution in [0.3, 0.4) is 0 Å². The summed E-state index contributed by atoms with van der Waals surface area (Å²) < 4.78 is 7.37. The van der Waals surface area contributed by atoms with Gasteiger partial charge >= 0.3 is 6.03 Å². The smallest absolute Gasteiger partial charge is 0.332 e. The largest absolute Gasteiger partial charge is 0.496 e. The summed E-state index contributed by atoms with van der Waals surface area (Å²) in [7, 11) is 4.42. The number of ether oxygens (including phenoxy) is 1. The molecule has 9 nitrogen and oxygen atoms in total. The number of imide groups is 2. The van der Waals surface area contributed by atoms with Gasteiger partial charge in [0.1, 0.15) is 11.2 Å². The number of rotatable bonds is 5. The lowest BCUT2D eigenvalue weighted by atomic mass is 9.75. The number of para-hydroxylation sites is 1. The molecule has 1 aromatic heterocycles. The van der Waals surface area contributed by atoms with E-state index < -0.39 is 23.3 Å². The molecule has 0 radical (unpaired) electrons. The Morgan fingerprint density at radius 3 is 2.34 bits per heavy atom. The van der Waals surface area contributed by atoms with E-state index in [0.717, 1.165) is 27.5 Å². The number of pyridine rings is 1. The fraction of sp³-hybridized carbons (Fsp3) is 0.462. The van der Waals surface area contributed by atoms with Crippen LogP contribution < -0.4 is 10.3 Å². The molecule has 35 heavy (non-hydrogen) atoms. The molecule has 0 saturated carbocycles. The number of nitrogens with zero attached hydrogens (tertiary/aromatic N) is 4. The number of hydrogen-bond donors (Lipinski definition) is 0. The molecule has 5 rings (SSSR count). The zero-order chi connectivity index (χ0) is 24.9. The van der Waals surface area contributed by atoms with Crippen molar-refractivity contribution in [1.82, 2.24) is 19.3 Å². The van der Waals surface area contributed by atoms with Crippen molar-refractivity contribution >= 4 is 17.8 Å². The Morgan fingerprint density at radius 2 is 1.63 bits per heavy atom. The quantitative estimate of drug-likeness (QED) is 0.606. The first-order valence-corrected chi connectivity index (χ1v) is 11.9. The minimum atomic E-state index is -1.46. The Morgan fingerprint density at radius 1 is 0.914 bits per heavy atom. The van der Waals surface area contributed by atoms with E-state index in [2.05, 4.69) is 4.90 Å². The first-order valence-electron chi connectivity index (χ1n) is 11.9. The first-order chi connectivity index (χ1) is 16.7. The topological polar surface area (TPSA) is 92.2 Å². The molecule has 3 aliphatic rings. The number of carbonyl (C=O) groups excluding carboxylic acids is 3. The van der Waals surface area contributed by atoms with E-state index >= 15 is 0 Å². The SMILES string of the molecule is COc1ccccc1CC1(CN2CC3C[C@@H](C2)c2cccc(=O)n2C3)C(=O)N(C)C(=O)N(C)C1=O.